The highest BCUT2D eigenvalue weighted by Crippen LogP contribution is 2.29. The molecule has 3 aromatic rings. The van der Waals surface area contributed by atoms with Gasteiger partial charge in [-0.2, -0.15) is 0 Å². The average molecular weight is 250 g/mol. The smallest absolute Gasteiger partial charge is 0.0802 e. The van der Waals surface area contributed by atoms with Crippen LogP contribution in [0.1, 0.15) is 25.5 Å². The Balaban J connectivity index is 2.26. The first-order valence-corrected chi connectivity index (χ1v) is 6.82. The van der Waals surface area contributed by atoms with E-state index in [0.29, 0.717) is 0 Å². The molecule has 0 aliphatic carbocycles. The van der Waals surface area contributed by atoms with Crippen LogP contribution in [0.4, 0.5) is 0 Å². The van der Waals surface area contributed by atoms with E-state index in [1.807, 2.05) is 6.92 Å². The first-order valence-electron chi connectivity index (χ1n) is 6.82. The van der Waals surface area contributed by atoms with Crippen molar-refractivity contribution in [2.24, 2.45) is 0 Å². The van der Waals surface area contributed by atoms with Crippen LogP contribution in [0.5, 0.6) is 0 Å². The third-order valence-electron chi connectivity index (χ3n) is 3.64. The summed E-state index contributed by atoms with van der Waals surface area (Å²) in [5.74, 6) is 0. The molecule has 1 nitrogen and oxygen atoms in total. The molecule has 0 saturated carbocycles. The minimum absolute atomic E-state index is 0.134. The summed E-state index contributed by atoms with van der Waals surface area (Å²) in [6.45, 7) is 4.90. The minimum Gasteiger partial charge on any atom is -0.374 e. The largest absolute Gasteiger partial charge is 0.374 e. The predicted octanol–water partition coefficient (Wildman–Crippen LogP) is 5.09. The van der Waals surface area contributed by atoms with Gasteiger partial charge in [-0.1, -0.05) is 42.5 Å². The summed E-state index contributed by atoms with van der Waals surface area (Å²) in [7, 11) is 0. The molecule has 0 amide bonds. The van der Waals surface area contributed by atoms with Gasteiger partial charge in [0.1, 0.15) is 0 Å². The van der Waals surface area contributed by atoms with Crippen molar-refractivity contribution in [2.75, 3.05) is 6.61 Å². The van der Waals surface area contributed by atoms with Gasteiger partial charge in [0, 0.05) is 6.61 Å². The Hall–Kier alpha value is -1.86. The Labute approximate surface area is 113 Å². The minimum atomic E-state index is 0.134. The molecule has 0 aliphatic rings. The van der Waals surface area contributed by atoms with Gasteiger partial charge in [0.05, 0.1) is 6.10 Å². The van der Waals surface area contributed by atoms with Crippen molar-refractivity contribution >= 4 is 21.5 Å². The molecule has 0 radical (unpaired) electrons. The Morgan fingerprint density at radius 2 is 1.58 bits per heavy atom. The number of ether oxygens (including phenoxy) is 1. The maximum atomic E-state index is 5.75. The summed E-state index contributed by atoms with van der Waals surface area (Å²) < 4.78 is 5.75. The summed E-state index contributed by atoms with van der Waals surface area (Å²) in [6, 6.07) is 19.5. The van der Waals surface area contributed by atoms with Gasteiger partial charge in [-0.15, -0.1) is 0 Å². The molecule has 0 fully saturated rings. The topological polar surface area (TPSA) is 9.23 Å². The van der Waals surface area contributed by atoms with Crippen molar-refractivity contribution in [1.29, 1.82) is 0 Å². The van der Waals surface area contributed by atoms with Crippen molar-refractivity contribution in [3.8, 4) is 0 Å². The highest BCUT2D eigenvalue weighted by atomic mass is 16.5. The van der Waals surface area contributed by atoms with Gasteiger partial charge >= 0.3 is 0 Å². The summed E-state index contributed by atoms with van der Waals surface area (Å²) >= 11 is 0. The first-order chi connectivity index (χ1) is 9.29. The van der Waals surface area contributed by atoms with Crippen LogP contribution in [0.15, 0.2) is 54.6 Å². The van der Waals surface area contributed by atoms with Crippen molar-refractivity contribution in [3.05, 3.63) is 60.2 Å². The zero-order chi connectivity index (χ0) is 13.2. The van der Waals surface area contributed by atoms with E-state index in [1.54, 1.807) is 0 Å². The molecule has 1 unspecified atom stereocenters. The van der Waals surface area contributed by atoms with E-state index >= 15 is 0 Å². The molecule has 3 aromatic carbocycles. The fourth-order valence-corrected chi connectivity index (χ4v) is 2.69. The van der Waals surface area contributed by atoms with Crippen LogP contribution >= 0.6 is 0 Å². The molecule has 0 N–H and O–H groups in total. The molecule has 0 heterocycles. The predicted molar refractivity (Wildman–Crippen MR) is 81.5 cm³/mol. The van der Waals surface area contributed by atoms with E-state index < -0.39 is 0 Å². The Morgan fingerprint density at radius 1 is 0.895 bits per heavy atom. The van der Waals surface area contributed by atoms with Crippen LogP contribution < -0.4 is 0 Å². The number of hydrogen-bond acceptors (Lipinski definition) is 1. The van der Waals surface area contributed by atoms with E-state index in [4.69, 9.17) is 4.74 Å². The molecule has 3 rings (SSSR count). The Kier molecular flexibility index (Phi) is 3.22. The SMILES string of the molecule is CCOC(C)c1cccc2cc3ccccc3cc12. The lowest BCUT2D eigenvalue weighted by Crippen LogP contribution is -2.00. The third-order valence-corrected chi connectivity index (χ3v) is 3.64. The van der Waals surface area contributed by atoms with Crippen LogP contribution in [-0.2, 0) is 4.74 Å². The quantitative estimate of drug-likeness (QED) is 0.588. The van der Waals surface area contributed by atoms with Crippen molar-refractivity contribution in [3.63, 3.8) is 0 Å². The molecule has 96 valence electrons. The fraction of sp³-hybridized carbons (Fsp3) is 0.222. The summed E-state index contributed by atoms with van der Waals surface area (Å²) in [5.41, 5.74) is 1.27. The molecule has 0 bridgehead atoms. The van der Waals surface area contributed by atoms with Gasteiger partial charge in [-0.3, -0.25) is 0 Å². The van der Waals surface area contributed by atoms with Gasteiger partial charge in [-0.05, 0) is 53.1 Å². The van der Waals surface area contributed by atoms with Gasteiger partial charge in [0.2, 0.25) is 0 Å². The molecule has 1 atom stereocenters. The van der Waals surface area contributed by atoms with E-state index in [1.165, 1.54) is 27.1 Å². The second-order valence-corrected chi connectivity index (χ2v) is 4.87. The van der Waals surface area contributed by atoms with Crippen LogP contribution in [0.2, 0.25) is 0 Å². The lowest BCUT2D eigenvalue weighted by Gasteiger charge is -2.15. The molecule has 0 spiro atoms. The standard InChI is InChI=1S/C18H18O/c1-3-19-13(2)17-10-6-9-16-11-14-7-4-5-8-15(14)12-18(16)17/h4-13H,3H2,1-2H3. The maximum absolute atomic E-state index is 5.75. The zero-order valence-corrected chi connectivity index (χ0v) is 11.4. The van der Waals surface area contributed by atoms with Gasteiger partial charge < -0.3 is 4.74 Å². The molecule has 0 aromatic heterocycles. The highest BCUT2D eigenvalue weighted by molar-refractivity contribution is 5.99. The average Bonchev–Trinajstić information content (AvgIpc) is 2.44. The first kappa shape index (κ1) is 12.2. The van der Waals surface area contributed by atoms with E-state index in [9.17, 15) is 0 Å². The summed E-state index contributed by atoms with van der Waals surface area (Å²) in [6.07, 6.45) is 0.134. The number of benzene rings is 3. The van der Waals surface area contributed by atoms with Crippen molar-refractivity contribution in [1.82, 2.24) is 0 Å². The third kappa shape index (κ3) is 2.22. The number of hydrogen-bond donors (Lipinski definition) is 0. The molecule has 19 heavy (non-hydrogen) atoms. The van der Waals surface area contributed by atoms with Crippen LogP contribution in [-0.4, -0.2) is 6.61 Å². The number of rotatable bonds is 3. The lowest BCUT2D eigenvalue weighted by molar-refractivity contribution is 0.0774. The van der Waals surface area contributed by atoms with Gasteiger partial charge in [0.25, 0.3) is 0 Å². The second-order valence-electron chi connectivity index (χ2n) is 4.87. The summed E-state index contributed by atoms with van der Waals surface area (Å²) in [4.78, 5) is 0. The molecule has 0 aliphatic heterocycles. The van der Waals surface area contributed by atoms with E-state index in [2.05, 4.69) is 61.5 Å². The van der Waals surface area contributed by atoms with Crippen LogP contribution in [0, 0.1) is 0 Å². The second kappa shape index (κ2) is 5.02. The van der Waals surface area contributed by atoms with E-state index in [-0.39, 0.29) is 6.10 Å². The van der Waals surface area contributed by atoms with Crippen molar-refractivity contribution < 1.29 is 4.74 Å². The lowest BCUT2D eigenvalue weighted by atomic mass is 9.97. The molecular weight excluding hydrogens is 232 g/mol. The molecule has 1 heteroatoms. The Bertz CT molecular complexity index is 715. The normalized spacial score (nSPS) is 12.9. The van der Waals surface area contributed by atoms with Crippen LogP contribution in [0.25, 0.3) is 21.5 Å². The Morgan fingerprint density at radius 3 is 2.32 bits per heavy atom. The van der Waals surface area contributed by atoms with E-state index in [0.717, 1.165) is 6.61 Å². The van der Waals surface area contributed by atoms with Crippen LogP contribution in [0.3, 0.4) is 0 Å². The monoisotopic (exact) mass is 250 g/mol. The zero-order valence-electron chi connectivity index (χ0n) is 11.4. The fourth-order valence-electron chi connectivity index (χ4n) is 2.69. The maximum Gasteiger partial charge on any atom is 0.0802 e. The van der Waals surface area contributed by atoms with Gasteiger partial charge in [-0.25, -0.2) is 0 Å². The highest BCUT2D eigenvalue weighted by Gasteiger charge is 2.09. The number of fused-ring (bicyclic) bond motifs is 2. The molecule has 0 saturated heterocycles. The van der Waals surface area contributed by atoms with Crippen molar-refractivity contribution in [2.45, 2.75) is 20.0 Å². The van der Waals surface area contributed by atoms with Gasteiger partial charge in [0.15, 0.2) is 0 Å². The molecular formula is C18H18O. The summed E-state index contributed by atoms with van der Waals surface area (Å²) in [5, 5.41) is 5.15.